The second-order valence-electron chi connectivity index (χ2n) is 8.33. The van der Waals surface area contributed by atoms with E-state index in [4.69, 9.17) is 23.7 Å². The molecular formula is C18H32O16. The van der Waals surface area contributed by atoms with Crippen molar-refractivity contribution in [3.05, 3.63) is 0 Å². The summed E-state index contributed by atoms with van der Waals surface area (Å²) in [6.07, 6.45) is -25.1. The van der Waals surface area contributed by atoms with E-state index in [1.165, 1.54) is 0 Å². The Balaban J connectivity index is 1.72. The molecule has 3 fully saturated rings. The molecule has 15 atom stereocenters. The molecule has 1 unspecified atom stereocenters. The van der Waals surface area contributed by atoms with Gasteiger partial charge in [0.05, 0.1) is 19.8 Å². The Hall–Kier alpha value is -0.640. The van der Waals surface area contributed by atoms with Crippen LogP contribution in [0, 0.1) is 0 Å². The van der Waals surface area contributed by atoms with Crippen LogP contribution in [0.4, 0.5) is 0 Å². The zero-order chi connectivity index (χ0) is 25.3. The van der Waals surface area contributed by atoms with E-state index in [0.717, 1.165) is 0 Å². The first-order chi connectivity index (χ1) is 16.0. The monoisotopic (exact) mass is 504 g/mol. The lowest BCUT2D eigenvalue weighted by Gasteiger charge is -2.47. The predicted octanol–water partition coefficient (Wildman–Crippen LogP) is -7.57. The van der Waals surface area contributed by atoms with E-state index < -0.39 is 112 Å². The van der Waals surface area contributed by atoms with Gasteiger partial charge >= 0.3 is 0 Å². The van der Waals surface area contributed by atoms with E-state index in [1.54, 1.807) is 0 Å². The molecule has 11 N–H and O–H groups in total. The van der Waals surface area contributed by atoms with Crippen molar-refractivity contribution < 1.29 is 79.9 Å². The number of aliphatic hydroxyl groups is 11. The van der Waals surface area contributed by atoms with Gasteiger partial charge in [0.25, 0.3) is 0 Å². The van der Waals surface area contributed by atoms with Crippen molar-refractivity contribution in [3.63, 3.8) is 0 Å². The lowest BCUT2D eigenvalue weighted by Crippen LogP contribution is -2.66. The third kappa shape index (κ3) is 5.37. The molecule has 0 aromatic carbocycles. The Morgan fingerprint density at radius 2 is 0.853 bits per heavy atom. The summed E-state index contributed by atoms with van der Waals surface area (Å²) >= 11 is 0. The minimum Gasteiger partial charge on any atom is -0.394 e. The van der Waals surface area contributed by atoms with Crippen molar-refractivity contribution in [1.29, 1.82) is 0 Å². The fourth-order valence-electron chi connectivity index (χ4n) is 4.06. The van der Waals surface area contributed by atoms with Gasteiger partial charge < -0.3 is 79.9 Å². The van der Waals surface area contributed by atoms with Gasteiger partial charge in [0.1, 0.15) is 73.2 Å². The van der Waals surface area contributed by atoms with E-state index in [1.807, 2.05) is 0 Å². The minimum absolute atomic E-state index is 0.741. The fraction of sp³-hybridized carbons (Fsp3) is 1.00. The van der Waals surface area contributed by atoms with Crippen molar-refractivity contribution in [2.24, 2.45) is 0 Å². The van der Waals surface area contributed by atoms with E-state index >= 15 is 0 Å². The zero-order valence-corrected chi connectivity index (χ0v) is 17.7. The molecule has 0 aliphatic carbocycles. The van der Waals surface area contributed by atoms with Crippen LogP contribution in [0.1, 0.15) is 0 Å². The number of ether oxygens (including phenoxy) is 5. The van der Waals surface area contributed by atoms with Crippen LogP contribution in [0.5, 0.6) is 0 Å². The summed E-state index contributed by atoms with van der Waals surface area (Å²) < 4.78 is 26.4. The molecule has 0 aromatic rings. The van der Waals surface area contributed by atoms with Gasteiger partial charge in [-0.1, -0.05) is 0 Å². The van der Waals surface area contributed by atoms with Crippen LogP contribution in [0.2, 0.25) is 0 Å². The first kappa shape index (κ1) is 27.9. The molecule has 0 aromatic heterocycles. The molecule has 0 bridgehead atoms. The standard InChI is InChI=1S/C18H32O16/c19-1-4-7(22)8(23)12(27)17(31-4)34-15-6(3-21)32-18(13(28)10(15)25)33-14-5(2-20)30-16(29)11(26)9(14)24/h4-29H,1-3H2/t4-,5-,6-,7+,8+,9-,10-,11-,12-,13-,14-,15+,16?,17-,18+/m1/s1. The van der Waals surface area contributed by atoms with Crippen molar-refractivity contribution in [1.82, 2.24) is 0 Å². The zero-order valence-electron chi connectivity index (χ0n) is 17.7. The summed E-state index contributed by atoms with van der Waals surface area (Å²) in [4.78, 5) is 0. The third-order valence-electron chi connectivity index (χ3n) is 6.09. The summed E-state index contributed by atoms with van der Waals surface area (Å²) in [5, 5.41) is 109. The second-order valence-corrected chi connectivity index (χ2v) is 8.33. The maximum absolute atomic E-state index is 10.6. The van der Waals surface area contributed by atoms with Crippen molar-refractivity contribution >= 4 is 0 Å². The molecule has 16 nitrogen and oxygen atoms in total. The van der Waals surface area contributed by atoms with Crippen LogP contribution in [-0.4, -0.2) is 168 Å². The van der Waals surface area contributed by atoms with Crippen LogP contribution >= 0.6 is 0 Å². The van der Waals surface area contributed by atoms with E-state index in [0.29, 0.717) is 0 Å². The van der Waals surface area contributed by atoms with Gasteiger partial charge in [0, 0.05) is 0 Å². The van der Waals surface area contributed by atoms with Gasteiger partial charge in [0.2, 0.25) is 0 Å². The van der Waals surface area contributed by atoms with E-state index in [2.05, 4.69) is 0 Å². The number of rotatable bonds is 7. The molecule has 3 aliphatic rings. The van der Waals surface area contributed by atoms with Crippen LogP contribution in [0.15, 0.2) is 0 Å². The molecule has 3 aliphatic heterocycles. The molecule has 0 saturated carbocycles. The Morgan fingerprint density at radius 3 is 1.35 bits per heavy atom. The Morgan fingerprint density at radius 1 is 0.441 bits per heavy atom. The van der Waals surface area contributed by atoms with Crippen LogP contribution in [-0.2, 0) is 23.7 Å². The molecule has 34 heavy (non-hydrogen) atoms. The lowest BCUT2D eigenvalue weighted by atomic mass is 9.96. The largest absolute Gasteiger partial charge is 0.394 e. The molecule has 0 amide bonds. The maximum atomic E-state index is 10.6. The highest BCUT2D eigenvalue weighted by molar-refractivity contribution is 4.96. The van der Waals surface area contributed by atoms with Gasteiger partial charge in [-0.2, -0.15) is 0 Å². The average Bonchev–Trinajstić information content (AvgIpc) is 2.83. The van der Waals surface area contributed by atoms with Crippen molar-refractivity contribution in [3.8, 4) is 0 Å². The van der Waals surface area contributed by atoms with Gasteiger partial charge in [-0.25, -0.2) is 0 Å². The predicted molar refractivity (Wildman–Crippen MR) is 101 cm³/mol. The van der Waals surface area contributed by atoms with Gasteiger partial charge in [0.15, 0.2) is 18.9 Å². The van der Waals surface area contributed by atoms with Gasteiger partial charge in [-0.3, -0.25) is 0 Å². The van der Waals surface area contributed by atoms with Gasteiger partial charge in [-0.15, -0.1) is 0 Å². The summed E-state index contributed by atoms with van der Waals surface area (Å²) in [7, 11) is 0. The first-order valence-corrected chi connectivity index (χ1v) is 10.6. The van der Waals surface area contributed by atoms with E-state index in [-0.39, 0.29) is 0 Å². The number of hydrogen-bond acceptors (Lipinski definition) is 16. The first-order valence-electron chi connectivity index (χ1n) is 10.6. The normalized spacial score (nSPS) is 52.5. The lowest BCUT2D eigenvalue weighted by molar-refractivity contribution is -0.377. The second kappa shape index (κ2) is 11.6. The highest BCUT2D eigenvalue weighted by atomic mass is 16.8. The van der Waals surface area contributed by atoms with Crippen LogP contribution in [0.3, 0.4) is 0 Å². The molecule has 0 spiro atoms. The molecule has 3 saturated heterocycles. The fourth-order valence-corrected chi connectivity index (χ4v) is 4.06. The SMILES string of the molecule is OC[C@H]1O[C@H](O[C@@H]2[C@H](O)[C@@H](O)[C@H](O[C@H]3[C@H](O)[C@@H](O)C(O)O[C@@H]3CO)O[C@@H]2CO)[C@H](O)[C@@H](O)[C@H]1O. The molecule has 0 radical (unpaired) electrons. The molecule has 16 heteroatoms. The van der Waals surface area contributed by atoms with Crippen LogP contribution < -0.4 is 0 Å². The number of aliphatic hydroxyl groups excluding tert-OH is 11. The summed E-state index contributed by atoms with van der Waals surface area (Å²) in [5.74, 6) is 0. The Labute approximate surface area is 192 Å². The molecular weight excluding hydrogens is 472 g/mol. The molecule has 200 valence electrons. The van der Waals surface area contributed by atoms with Crippen molar-refractivity contribution in [2.75, 3.05) is 19.8 Å². The topological polar surface area (TPSA) is 269 Å². The van der Waals surface area contributed by atoms with E-state index in [9.17, 15) is 56.2 Å². The van der Waals surface area contributed by atoms with Crippen LogP contribution in [0.25, 0.3) is 0 Å². The molecule has 3 rings (SSSR count). The molecule has 3 heterocycles. The average molecular weight is 504 g/mol. The van der Waals surface area contributed by atoms with Crippen molar-refractivity contribution in [2.45, 2.75) is 92.1 Å². The summed E-state index contributed by atoms with van der Waals surface area (Å²) in [6, 6.07) is 0. The summed E-state index contributed by atoms with van der Waals surface area (Å²) in [5.41, 5.74) is 0. The minimum atomic E-state index is -1.91. The quantitative estimate of drug-likeness (QED) is 0.154. The highest BCUT2D eigenvalue weighted by Gasteiger charge is 2.53. The highest BCUT2D eigenvalue weighted by Crippen LogP contribution is 2.32. The maximum Gasteiger partial charge on any atom is 0.187 e. The third-order valence-corrected chi connectivity index (χ3v) is 6.09. The van der Waals surface area contributed by atoms with Gasteiger partial charge in [-0.05, 0) is 0 Å². The Kier molecular flexibility index (Phi) is 9.54. The Bertz CT molecular complexity index is 635. The number of hydrogen-bond donors (Lipinski definition) is 11. The summed E-state index contributed by atoms with van der Waals surface area (Å²) in [6.45, 7) is -2.32. The smallest absolute Gasteiger partial charge is 0.187 e.